The average molecular weight is 312 g/mol. The lowest BCUT2D eigenvalue weighted by Crippen LogP contribution is -2.46. The highest BCUT2D eigenvalue weighted by atomic mass is 35.5. The highest BCUT2D eigenvalue weighted by Crippen LogP contribution is 2.37. The fraction of sp³-hybridized carbons (Fsp3) is 0.588. The first kappa shape index (κ1) is 18.0. The van der Waals surface area contributed by atoms with Crippen molar-refractivity contribution in [3.8, 4) is 0 Å². The first-order chi connectivity index (χ1) is 9.51. The van der Waals surface area contributed by atoms with Crippen molar-refractivity contribution in [2.75, 3.05) is 20.6 Å². The van der Waals surface area contributed by atoms with Crippen LogP contribution in [0.1, 0.15) is 43.0 Å². The Morgan fingerprint density at radius 1 is 1.29 bits per heavy atom. The van der Waals surface area contributed by atoms with Gasteiger partial charge in [0, 0.05) is 12.5 Å². The summed E-state index contributed by atoms with van der Waals surface area (Å²) in [6.45, 7) is 3.07. The van der Waals surface area contributed by atoms with Crippen LogP contribution >= 0.6 is 12.4 Å². The minimum absolute atomic E-state index is 0. The normalized spacial score (nSPS) is 25.2. The topological polar surface area (TPSA) is 29.5 Å². The number of halogens is 1. The SMILES string of the molecule is CN(C)CC1CCCCC1(C)OC(=O)c1ccccc1.Cl. The summed E-state index contributed by atoms with van der Waals surface area (Å²) in [4.78, 5) is 14.5. The molecule has 118 valence electrons. The van der Waals surface area contributed by atoms with Gasteiger partial charge in [-0.25, -0.2) is 4.79 Å². The quantitative estimate of drug-likeness (QED) is 0.793. The van der Waals surface area contributed by atoms with Crippen LogP contribution in [0.25, 0.3) is 0 Å². The van der Waals surface area contributed by atoms with E-state index in [1.165, 1.54) is 6.42 Å². The zero-order chi connectivity index (χ0) is 14.6. The third-order valence-electron chi connectivity index (χ3n) is 4.26. The van der Waals surface area contributed by atoms with Crippen molar-refractivity contribution in [1.82, 2.24) is 4.90 Å². The van der Waals surface area contributed by atoms with E-state index in [1.807, 2.05) is 30.3 Å². The van der Waals surface area contributed by atoms with Crippen molar-refractivity contribution in [1.29, 1.82) is 0 Å². The first-order valence-electron chi connectivity index (χ1n) is 7.44. The standard InChI is InChI=1S/C17H25NO2.ClH/c1-17(12-8-7-11-15(17)13-18(2)3)20-16(19)14-9-5-4-6-10-14;/h4-6,9-10,15H,7-8,11-13H2,1-3H3;1H. The van der Waals surface area contributed by atoms with Crippen LogP contribution in [-0.2, 0) is 4.74 Å². The molecule has 3 nitrogen and oxygen atoms in total. The molecule has 1 saturated carbocycles. The summed E-state index contributed by atoms with van der Waals surface area (Å²) in [6, 6.07) is 9.28. The fourth-order valence-electron chi connectivity index (χ4n) is 3.08. The van der Waals surface area contributed by atoms with Crippen molar-refractivity contribution < 1.29 is 9.53 Å². The number of esters is 1. The van der Waals surface area contributed by atoms with E-state index in [0.717, 1.165) is 25.8 Å². The molecule has 0 bridgehead atoms. The number of ether oxygens (including phenoxy) is 1. The van der Waals surface area contributed by atoms with Crippen molar-refractivity contribution >= 4 is 18.4 Å². The van der Waals surface area contributed by atoms with E-state index in [4.69, 9.17) is 4.74 Å². The summed E-state index contributed by atoms with van der Waals surface area (Å²) in [5.74, 6) is 0.220. The van der Waals surface area contributed by atoms with Gasteiger partial charge < -0.3 is 9.64 Å². The van der Waals surface area contributed by atoms with Crippen LogP contribution in [0.5, 0.6) is 0 Å². The summed E-state index contributed by atoms with van der Waals surface area (Å²) in [6.07, 6.45) is 4.47. The average Bonchev–Trinajstić information content (AvgIpc) is 2.42. The maximum absolute atomic E-state index is 12.3. The van der Waals surface area contributed by atoms with Gasteiger partial charge in [-0.3, -0.25) is 0 Å². The van der Waals surface area contributed by atoms with Gasteiger partial charge >= 0.3 is 5.97 Å². The maximum Gasteiger partial charge on any atom is 0.338 e. The van der Waals surface area contributed by atoms with Gasteiger partial charge in [-0.2, -0.15) is 0 Å². The Morgan fingerprint density at radius 3 is 2.57 bits per heavy atom. The molecule has 0 saturated heterocycles. The zero-order valence-electron chi connectivity index (χ0n) is 13.2. The van der Waals surface area contributed by atoms with Crippen LogP contribution < -0.4 is 0 Å². The largest absolute Gasteiger partial charge is 0.455 e. The molecule has 0 aromatic heterocycles. The van der Waals surface area contributed by atoms with Crippen LogP contribution in [0.3, 0.4) is 0 Å². The number of carbonyl (C=O) groups is 1. The number of hydrogen-bond acceptors (Lipinski definition) is 3. The number of rotatable bonds is 4. The first-order valence-corrected chi connectivity index (χ1v) is 7.44. The van der Waals surface area contributed by atoms with Gasteiger partial charge in [-0.1, -0.05) is 24.6 Å². The van der Waals surface area contributed by atoms with Gasteiger partial charge in [0.1, 0.15) is 5.60 Å². The molecule has 2 unspecified atom stereocenters. The summed E-state index contributed by atoms with van der Waals surface area (Å²) >= 11 is 0. The number of hydrogen-bond donors (Lipinski definition) is 0. The molecule has 1 aliphatic carbocycles. The lowest BCUT2D eigenvalue weighted by Gasteiger charge is -2.42. The Labute approximate surface area is 134 Å². The molecular weight excluding hydrogens is 286 g/mol. The molecule has 1 fully saturated rings. The second-order valence-corrected chi connectivity index (χ2v) is 6.27. The summed E-state index contributed by atoms with van der Waals surface area (Å²) in [5, 5.41) is 0. The predicted molar refractivity (Wildman–Crippen MR) is 88.0 cm³/mol. The maximum atomic E-state index is 12.3. The van der Waals surface area contributed by atoms with E-state index in [9.17, 15) is 4.79 Å². The van der Waals surface area contributed by atoms with Gasteiger partial charge in [0.25, 0.3) is 0 Å². The van der Waals surface area contributed by atoms with Crippen molar-refractivity contribution in [3.63, 3.8) is 0 Å². The number of benzene rings is 1. The molecule has 0 N–H and O–H groups in total. The third-order valence-corrected chi connectivity index (χ3v) is 4.26. The minimum Gasteiger partial charge on any atom is -0.455 e. The molecule has 4 heteroatoms. The molecule has 0 heterocycles. The van der Waals surface area contributed by atoms with E-state index >= 15 is 0 Å². The predicted octanol–water partition coefficient (Wildman–Crippen LogP) is 3.78. The Bertz CT molecular complexity index is 449. The molecule has 0 amide bonds. The van der Waals surface area contributed by atoms with E-state index in [0.29, 0.717) is 11.5 Å². The highest BCUT2D eigenvalue weighted by molar-refractivity contribution is 5.89. The van der Waals surface area contributed by atoms with Crippen LogP contribution in [0.15, 0.2) is 30.3 Å². The monoisotopic (exact) mass is 311 g/mol. The van der Waals surface area contributed by atoms with Crippen LogP contribution in [0.2, 0.25) is 0 Å². The van der Waals surface area contributed by atoms with Gasteiger partial charge in [0.15, 0.2) is 0 Å². The number of nitrogens with zero attached hydrogens (tertiary/aromatic N) is 1. The van der Waals surface area contributed by atoms with Gasteiger partial charge in [-0.05, 0) is 52.4 Å². The summed E-state index contributed by atoms with van der Waals surface area (Å²) in [7, 11) is 4.15. The summed E-state index contributed by atoms with van der Waals surface area (Å²) < 4.78 is 5.91. The molecule has 0 radical (unpaired) electrons. The molecule has 1 aromatic carbocycles. The number of carbonyl (C=O) groups excluding carboxylic acids is 1. The van der Waals surface area contributed by atoms with Crippen molar-refractivity contribution in [3.05, 3.63) is 35.9 Å². The molecule has 0 aliphatic heterocycles. The van der Waals surface area contributed by atoms with Gasteiger partial charge in [0.05, 0.1) is 5.56 Å². The van der Waals surface area contributed by atoms with Crippen molar-refractivity contribution in [2.24, 2.45) is 5.92 Å². The molecule has 21 heavy (non-hydrogen) atoms. The molecular formula is C17H26ClNO2. The van der Waals surface area contributed by atoms with Crippen LogP contribution in [-0.4, -0.2) is 37.1 Å². The van der Waals surface area contributed by atoms with E-state index in [1.54, 1.807) is 0 Å². The Morgan fingerprint density at radius 2 is 1.95 bits per heavy atom. The second-order valence-electron chi connectivity index (χ2n) is 6.27. The van der Waals surface area contributed by atoms with Crippen LogP contribution in [0, 0.1) is 5.92 Å². The third kappa shape index (κ3) is 4.72. The fourth-order valence-corrected chi connectivity index (χ4v) is 3.08. The van der Waals surface area contributed by atoms with E-state index in [-0.39, 0.29) is 24.0 Å². The molecule has 0 spiro atoms. The molecule has 1 aromatic rings. The lowest BCUT2D eigenvalue weighted by molar-refractivity contribution is -0.0651. The minimum atomic E-state index is -0.338. The summed E-state index contributed by atoms with van der Waals surface area (Å²) in [5.41, 5.74) is 0.304. The van der Waals surface area contributed by atoms with E-state index < -0.39 is 0 Å². The lowest BCUT2D eigenvalue weighted by atomic mass is 9.76. The second kappa shape index (κ2) is 7.81. The highest BCUT2D eigenvalue weighted by Gasteiger charge is 2.40. The Kier molecular flexibility index (Phi) is 6.69. The van der Waals surface area contributed by atoms with Crippen LogP contribution in [0.4, 0.5) is 0 Å². The van der Waals surface area contributed by atoms with Crippen molar-refractivity contribution in [2.45, 2.75) is 38.2 Å². The van der Waals surface area contributed by atoms with Gasteiger partial charge in [0.2, 0.25) is 0 Å². The molecule has 2 atom stereocenters. The Hall–Kier alpha value is -1.06. The van der Waals surface area contributed by atoms with E-state index in [2.05, 4.69) is 25.9 Å². The Balaban J connectivity index is 0.00000220. The smallest absolute Gasteiger partial charge is 0.338 e. The molecule has 2 rings (SSSR count). The van der Waals surface area contributed by atoms with Gasteiger partial charge in [-0.15, -0.1) is 12.4 Å². The zero-order valence-corrected chi connectivity index (χ0v) is 14.0. The molecule has 1 aliphatic rings.